The van der Waals surface area contributed by atoms with Crippen LogP contribution in [0.1, 0.15) is 31.4 Å². The van der Waals surface area contributed by atoms with E-state index in [1.807, 2.05) is 6.07 Å². The Morgan fingerprint density at radius 3 is 2.70 bits per heavy atom. The zero-order chi connectivity index (χ0) is 13.9. The van der Waals surface area contributed by atoms with E-state index in [1.54, 1.807) is 6.07 Å². The van der Waals surface area contributed by atoms with Crippen molar-refractivity contribution in [2.24, 2.45) is 5.92 Å². The molecule has 3 rings (SSSR count). The maximum Gasteiger partial charge on any atom is 0.225 e. The van der Waals surface area contributed by atoms with Crippen molar-refractivity contribution in [1.82, 2.24) is 9.80 Å². The predicted molar refractivity (Wildman–Crippen MR) is 77.5 cm³/mol. The number of hydrogen-bond acceptors (Lipinski definition) is 3. The van der Waals surface area contributed by atoms with Gasteiger partial charge in [-0.15, -0.1) is 0 Å². The van der Waals surface area contributed by atoms with Crippen LogP contribution in [0, 0.1) is 5.92 Å². The molecular formula is C15H21ClN2O2. The summed E-state index contributed by atoms with van der Waals surface area (Å²) in [4.78, 5) is 16.7. The highest BCUT2D eigenvalue weighted by atomic mass is 35.5. The van der Waals surface area contributed by atoms with E-state index in [4.69, 9.17) is 16.0 Å². The minimum absolute atomic E-state index is 0.311. The number of carbonyl (C=O) groups excluding carboxylic acids is 1. The standard InChI is InChI=1S/C15H21ClN2O2/c16-14-6-5-13(20-14)11-17-7-2-8-18(10-9-17)15(19)12-3-1-4-12/h5-6,12H,1-4,7-11H2. The normalized spacial score (nSPS) is 21.6. The summed E-state index contributed by atoms with van der Waals surface area (Å²) in [5.41, 5.74) is 0. The molecule has 110 valence electrons. The molecule has 2 heterocycles. The molecule has 0 unspecified atom stereocenters. The molecule has 0 radical (unpaired) electrons. The van der Waals surface area contributed by atoms with Crippen molar-refractivity contribution < 1.29 is 9.21 Å². The molecule has 4 nitrogen and oxygen atoms in total. The van der Waals surface area contributed by atoms with Gasteiger partial charge in [0.15, 0.2) is 5.22 Å². The molecule has 2 fully saturated rings. The van der Waals surface area contributed by atoms with Gasteiger partial charge in [0, 0.05) is 32.1 Å². The van der Waals surface area contributed by atoms with E-state index >= 15 is 0 Å². The minimum atomic E-state index is 0.311. The fourth-order valence-corrected chi connectivity index (χ4v) is 3.08. The molecule has 1 aromatic heterocycles. The van der Waals surface area contributed by atoms with Crippen LogP contribution in [0.5, 0.6) is 0 Å². The van der Waals surface area contributed by atoms with Gasteiger partial charge in [-0.1, -0.05) is 6.42 Å². The number of nitrogens with zero attached hydrogens (tertiary/aromatic N) is 2. The smallest absolute Gasteiger partial charge is 0.225 e. The first-order valence-electron chi connectivity index (χ1n) is 7.48. The van der Waals surface area contributed by atoms with E-state index in [1.165, 1.54) is 6.42 Å². The maximum atomic E-state index is 12.3. The molecule has 1 saturated carbocycles. The van der Waals surface area contributed by atoms with E-state index in [2.05, 4.69) is 9.80 Å². The maximum absolute atomic E-state index is 12.3. The largest absolute Gasteiger partial charge is 0.448 e. The van der Waals surface area contributed by atoms with Crippen molar-refractivity contribution in [2.75, 3.05) is 26.2 Å². The molecule has 20 heavy (non-hydrogen) atoms. The molecule has 0 aromatic carbocycles. The van der Waals surface area contributed by atoms with E-state index in [0.29, 0.717) is 17.0 Å². The summed E-state index contributed by atoms with van der Waals surface area (Å²) in [5.74, 6) is 1.58. The van der Waals surface area contributed by atoms with Crippen LogP contribution in [-0.2, 0) is 11.3 Å². The SMILES string of the molecule is O=C(C1CCC1)N1CCCN(Cc2ccc(Cl)o2)CC1. The van der Waals surface area contributed by atoms with Crippen LogP contribution in [0.4, 0.5) is 0 Å². The summed E-state index contributed by atoms with van der Waals surface area (Å²) in [5, 5.41) is 0.441. The van der Waals surface area contributed by atoms with Gasteiger partial charge >= 0.3 is 0 Å². The van der Waals surface area contributed by atoms with Crippen molar-refractivity contribution in [3.05, 3.63) is 23.1 Å². The van der Waals surface area contributed by atoms with Crippen molar-refractivity contribution >= 4 is 17.5 Å². The van der Waals surface area contributed by atoms with Gasteiger partial charge in [-0.05, 0) is 43.0 Å². The summed E-state index contributed by atoms with van der Waals surface area (Å²) >= 11 is 5.79. The lowest BCUT2D eigenvalue weighted by Crippen LogP contribution is -2.41. The Kier molecular flexibility index (Phi) is 4.32. The molecule has 0 bridgehead atoms. The predicted octanol–water partition coefficient (Wildman–Crippen LogP) is 2.77. The van der Waals surface area contributed by atoms with Crippen molar-refractivity contribution in [2.45, 2.75) is 32.2 Å². The Labute approximate surface area is 124 Å². The fraction of sp³-hybridized carbons (Fsp3) is 0.667. The van der Waals surface area contributed by atoms with Gasteiger partial charge in [0.05, 0.1) is 6.54 Å². The second-order valence-electron chi connectivity index (χ2n) is 5.79. The molecular weight excluding hydrogens is 276 g/mol. The van der Waals surface area contributed by atoms with Crippen molar-refractivity contribution in [3.8, 4) is 0 Å². The number of carbonyl (C=O) groups is 1. The number of furan rings is 1. The van der Waals surface area contributed by atoms with Gasteiger partial charge in [-0.2, -0.15) is 0 Å². The summed E-state index contributed by atoms with van der Waals surface area (Å²) in [6.45, 7) is 4.43. The van der Waals surface area contributed by atoms with Crippen LogP contribution in [0.2, 0.25) is 5.22 Å². The van der Waals surface area contributed by atoms with Crippen LogP contribution < -0.4 is 0 Å². The lowest BCUT2D eigenvalue weighted by atomic mass is 9.84. The molecule has 1 aliphatic heterocycles. The lowest BCUT2D eigenvalue weighted by molar-refractivity contribution is -0.138. The van der Waals surface area contributed by atoms with Gasteiger partial charge in [-0.3, -0.25) is 9.69 Å². The lowest BCUT2D eigenvalue weighted by Gasteiger charge is -2.31. The first kappa shape index (κ1) is 14.0. The number of amides is 1. The van der Waals surface area contributed by atoms with E-state index in [0.717, 1.165) is 57.7 Å². The molecule has 0 atom stereocenters. The van der Waals surface area contributed by atoms with Crippen molar-refractivity contribution in [3.63, 3.8) is 0 Å². The third-order valence-corrected chi connectivity index (χ3v) is 4.57. The van der Waals surface area contributed by atoms with Crippen molar-refractivity contribution in [1.29, 1.82) is 0 Å². The molecule has 1 amide bonds. The van der Waals surface area contributed by atoms with Crippen LogP contribution in [0.25, 0.3) is 0 Å². The Bertz CT molecular complexity index is 470. The van der Waals surface area contributed by atoms with E-state index in [-0.39, 0.29) is 0 Å². The Morgan fingerprint density at radius 1 is 1.20 bits per heavy atom. The molecule has 0 spiro atoms. The quantitative estimate of drug-likeness (QED) is 0.860. The highest BCUT2D eigenvalue weighted by Gasteiger charge is 2.30. The zero-order valence-corrected chi connectivity index (χ0v) is 12.4. The summed E-state index contributed by atoms with van der Waals surface area (Å²) in [7, 11) is 0. The number of halogens is 1. The second kappa shape index (κ2) is 6.19. The number of hydrogen-bond donors (Lipinski definition) is 0. The van der Waals surface area contributed by atoms with Crippen LogP contribution in [0.15, 0.2) is 16.5 Å². The molecule has 1 saturated heterocycles. The van der Waals surface area contributed by atoms with Gasteiger partial charge in [-0.25, -0.2) is 0 Å². The van der Waals surface area contributed by atoms with Crippen LogP contribution in [-0.4, -0.2) is 41.9 Å². The van der Waals surface area contributed by atoms with Gasteiger partial charge < -0.3 is 9.32 Å². The molecule has 0 N–H and O–H groups in total. The molecule has 2 aliphatic rings. The second-order valence-corrected chi connectivity index (χ2v) is 6.16. The zero-order valence-electron chi connectivity index (χ0n) is 11.7. The minimum Gasteiger partial charge on any atom is -0.448 e. The van der Waals surface area contributed by atoms with Gasteiger partial charge in [0.1, 0.15) is 5.76 Å². The topological polar surface area (TPSA) is 36.7 Å². The van der Waals surface area contributed by atoms with Gasteiger partial charge in [0.2, 0.25) is 5.91 Å². The third kappa shape index (κ3) is 3.18. The highest BCUT2D eigenvalue weighted by Crippen LogP contribution is 2.28. The molecule has 1 aromatic rings. The van der Waals surface area contributed by atoms with E-state index < -0.39 is 0 Å². The average Bonchev–Trinajstić information content (AvgIpc) is 2.62. The third-order valence-electron chi connectivity index (χ3n) is 4.36. The Morgan fingerprint density at radius 2 is 2.05 bits per heavy atom. The summed E-state index contributed by atoms with van der Waals surface area (Å²) in [6.07, 6.45) is 4.43. The summed E-state index contributed by atoms with van der Waals surface area (Å²) in [6, 6.07) is 3.70. The first-order chi connectivity index (χ1) is 9.72. The van der Waals surface area contributed by atoms with Crippen LogP contribution in [0.3, 0.4) is 0 Å². The monoisotopic (exact) mass is 296 g/mol. The van der Waals surface area contributed by atoms with Gasteiger partial charge in [0.25, 0.3) is 0 Å². The average molecular weight is 297 g/mol. The molecule has 5 heteroatoms. The highest BCUT2D eigenvalue weighted by molar-refractivity contribution is 6.28. The fourth-order valence-electron chi connectivity index (χ4n) is 2.92. The Balaban J connectivity index is 1.52. The van der Waals surface area contributed by atoms with Crippen LogP contribution >= 0.6 is 11.6 Å². The first-order valence-corrected chi connectivity index (χ1v) is 7.85. The Hall–Kier alpha value is -1.00. The van der Waals surface area contributed by atoms with E-state index in [9.17, 15) is 4.79 Å². The summed E-state index contributed by atoms with van der Waals surface area (Å²) < 4.78 is 5.41. The molecule has 1 aliphatic carbocycles. The number of rotatable bonds is 3.